The molecule has 1 aromatic heterocycles. The molecule has 0 aliphatic carbocycles. The molecule has 3 nitrogen and oxygen atoms in total. The zero-order valence-corrected chi connectivity index (χ0v) is 11.8. The van der Waals surface area contributed by atoms with Gasteiger partial charge < -0.3 is 4.74 Å². The standard InChI is InChI=1S/C14H11ClO3S/c1-9-2-5-14(19-9)12(17)8-18-13-4-3-10(7-16)6-11(13)15/h2-7H,8H2,1H3. The molecule has 98 valence electrons. The molecule has 19 heavy (non-hydrogen) atoms. The summed E-state index contributed by atoms with van der Waals surface area (Å²) in [5.41, 5.74) is 0.470. The number of hydrogen-bond acceptors (Lipinski definition) is 4. The fraction of sp³-hybridized carbons (Fsp3) is 0.143. The summed E-state index contributed by atoms with van der Waals surface area (Å²) in [7, 11) is 0. The fourth-order valence-corrected chi connectivity index (χ4v) is 2.54. The van der Waals surface area contributed by atoms with Crippen LogP contribution in [-0.4, -0.2) is 18.7 Å². The van der Waals surface area contributed by atoms with E-state index in [1.54, 1.807) is 18.2 Å². The number of aldehydes is 1. The minimum absolute atomic E-state index is 0.0693. The molecule has 1 aromatic carbocycles. The number of Topliss-reactive ketones (excluding diaryl/α,β-unsaturated/α-hetero) is 1. The van der Waals surface area contributed by atoms with Crippen molar-refractivity contribution in [1.82, 2.24) is 0 Å². The molecule has 0 atom stereocenters. The lowest BCUT2D eigenvalue weighted by Gasteiger charge is -2.06. The topological polar surface area (TPSA) is 43.4 Å². The number of carbonyl (C=O) groups excluding carboxylic acids is 2. The summed E-state index contributed by atoms with van der Waals surface area (Å²) in [6.45, 7) is 1.87. The van der Waals surface area contributed by atoms with Gasteiger partial charge in [0.05, 0.1) is 9.90 Å². The third-order valence-corrected chi connectivity index (χ3v) is 3.80. The van der Waals surface area contributed by atoms with Crippen molar-refractivity contribution in [3.63, 3.8) is 0 Å². The van der Waals surface area contributed by atoms with Crippen LogP contribution in [-0.2, 0) is 0 Å². The summed E-state index contributed by atoms with van der Waals surface area (Å²) in [5.74, 6) is 0.308. The maximum Gasteiger partial charge on any atom is 0.210 e. The molecule has 0 saturated heterocycles. The smallest absolute Gasteiger partial charge is 0.210 e. The number of thiophene rings is 1. The van der Waals surface area contributed by atoms with Gasteiger partial charge in [-0.2, -0.15) is 0 Å². The quantitative estimate of drug-likeness (QED) is 0.622. The van der Waals surface area contributed by atoms with Crippen molar-refractivity contribution in [3.05, 3.63) is 50.7 Å². The molecule has 1 heterocycles. The van der Waals surface area contributed by atoms with Gasteiger partial charge in [-0.1, -0.05) is 11.6 Å². The van der Waals surface area contributed by atoms with Gasteiger partial charge in [-0.3, -0.25) is 9.59 Å². The van der Waals surface area contributed by atoms with Crippen molar-refractivity contribution in [3.8, 4) is 5.75 Å². The molecule has 5 heteroatoms. The van der Waals surface area contributed by atoms with Gasteiger partial charge in [0.15, 0.2) is 6.61 Å². The largest absolute Gasteiger partial charge is 0.484 e. The normalized spacial score (nSPS) is 10.2. The molecule has 0 bridgehead atoms. The van der Waals surface area contributed by atoms with Gasteiger partial charge in [0.1, 0.15) is 12.0 Å². The number of halogens is 1. The van der Waals surface area contributed by atoms with Crippen LogP contribution in [0.1, 0.15) is 24.9 Å². The van der Waals surface area contributed by atoms with E-state index < -0.39 is 0 Å². The monoisotopic (exact) mass is 294 g/mol. The lowest BCUT2D eigenvalue weighted by molar-refractivity contribution is 0.0925. The Kier molecular flexibility index (Phi) is 4.35. The van der Waals surface area contributed by atoms with Gasteiger partial charge in [0.25, 0.3) is 0 Å². The van der Waals surface area contributed by atoms with Crippen LogP contribution in [0.5, 0.6) is 5.75 Å². The molecule has 0 amide bonds. The Balaban J connectivity index is 2.02. The Morgan fingerprint density at radius 2 is 2.16 bits per heavy atom. The third kappa shape index (κ3) is 3.43. The molecule has 0 spiro atoms. The maximum atomic E-state index is 11.9. The first-order valence-corrected chi connectivity index (χ1v) is 6.77. The fourth-order valence-electron chi connectivity index (χ4n) is 1.51. The van der Waals surface area contributed by atoms with E-state index in [0.29, 0.717) is 27.5 Å². The van der Waals surface area contributed by atoms with E-state index in [4.69, 9.17) is 16.3 Å². The minimum Gasteiger partial charge on any atom is -0.484 e. The van der Waals surface area contributed by atoms with Crippen LogP contribution in [0.2, 0.25) is 5.02 Å². The minimum atomic E-state index is -0.0892. The van der Waals surface area contributed by atoms with Crippen LogP contribution in [0, 0.1) is 6.92 Å². The first kappa shape index (κ1) is 13.8. The lowest BCUT2D eigenvalue weighted by Crippen LogP contribution is -2.10. The molecule has 0 aliphatic rings. The van der Waals surface area contributed by atoms with Gasteiger partial charge in [-0.05, 0) is 37.3 Å². The Bertz CT molecular complexity index is 619. The van der Waals surface area contributed by atoms with Gasteiger partial charge in [-0.15, -0.1) is 11.3 Å². The number of ketones is 1. The van der Waals surface area contributed by atoms with Gasteiger partial charge in [0.2, 0.25) is 5.78 Å². The Morgan fingerprint density at radius 3 is 2.74 bits per heavy atom. The first-order valence-electron chi connectivity index (χ1n) is 5.57. The van der Waals surface area contributed by atoms with E-state index in [1.807, 2.05) is 13.0 Å². The average molecular weight is 295 g/mol. The van der Waals surface area contributed by atoms with Crippen molar-refractivity contribution in [2.24, 2.45) is 0 Å². The average Bonchev–Trinajstić information content (AvgIpc) is 2.83. The second-order valence-electron chi connectivity index (χ2n) is 3.93. The lowest BCUT2D eigenvalue weighted by atomic mass is 10.2. The summed E-state index contributed by atoms with van der Waals surface area (Å²) >= 11 is 7.38. The third-order valence-electron chi connectivity index (χ3n) is 2.47. The van der Waals surface area contributed by atoms with Crippen molar-refractivity contribution in [2.75, 3.05) is 6.61 Å². The van der Waals surface area contributed by atoms with Crippen LogP contribution in [0.3, 0.4) is 0 Å². The predicted molar refractivity (Wildman–Crippen MR) is 75.7 cm³/mol. The molecule has 0 N–H and O–H groups in total. The molecular weight excluding hydrogens is 284 g/mol. The van der Waals surface area contributed by atoms with Crippen molar-refractivity contribution in [2.45, 2.75) is 6.92 Å². The summed E-state index contributed by atoms with van der Waals surface area (Å²) in [5, 5.41) is 0.319. The van der Waals surface area contributed by atoms with Crippen LogP contribution in [0.25, 0.3) is 0 Å². The zero-order valence-electron chi connectivity index (χ0n) is 10.2. The number of aryl methyl sites for hydroxylation is 1. The van der Waals surface area contributed by atoms with Crippen molar-refractivity contribution >= 4 is 35.0 Å². The van der Waals surface area contributed by atoms with Crippen LogP contribution in [0.15, 0.2) is 30.3 Å². The molecule has 0 unspecified atom stereocenters. The van der Waals surface area contributed by atoms with Crippen molar-refractivity contribution < 1.29 is 14.3 Å². The van der Waals surface area contributed by atoms with E-state index in [1.165, 1.54) is 17.4 Å². The van der Waals surface area contributed by atoms with E-state index in [2.05, 4.69) is 0 Å². The molecule has 2 rings (SSSR count). The zero-order chi connectivity index (χ0) is 13.8. The molecule has 0 aliphatic heterocycles. The predicted octanol–water partition coefficient (Wildman–Crippen LogP) is 3.78. The van der Waals surface area contributed by atoms with E-state index in [0.717, 1.165) is 4.88 Å². The highest BCUT2D eigenvalue weighted by atomic mass is 35.5. The second-order valence-corrected chi connectivity index (χ2v) is 5.62. The highest BCUT2D eigenvalue weighted by Gasteiger charge is 2.10. The molecular formula is C14H11ClO3S. The number of hydrogen-bond donors (Lipinski definition) is 0. The Labute approximate surface area is 119 Å². The molecule has 0 fully saturated rings. The number of benzene rings is 1. The maximum absolute atomic E-state index is 11.9. The summed E-state index contributed by atoms with van der Waals surface area (Å²) < 4.78 is 5.37. The van der Waals surface area contributed by atoms with Crippen molar-refractivity contribution in [1.29, 1.82) is 0 Å². The highest BCUT2D eigenvalue weighted by Crippen LogP contribution is 2.25. The number of carbonyl (C=O) groups is 2. The Morgan fingerprint density at radius 1 is 1.37 bits per heavy atom. The van der Waals surface area contributed by atoms with E-state index in [-0.39, 0.29) is 12.4 Å². The molecule has 0 saturated carbocycles. The SMILES string of the molecule is Cc1ccc(C(=O)COc2ccc(C=O)cc2Cl)s1. The summed E-state index contributed by atoms with van der Waals surface area (Å²) in [4.78, 5) is 24.2. The Hall–Kier alpha value is -1.65. The molecule has 0 radical (unpaired) electrons. The second kappa shape index (κ2) is 5.99. The van der Waals surface area contributed by atoms with Gasteiger partial charge in [-0.25, -0.2) is 0 Å². The molecule has 2 aromatic rings. The van der Waals surface area contributed by atoms with E-state index in [9.17, 15) is 9.59 Å². The van der Waals surface area contributed by atoms with Crippen LogP contribution >= 0.6 is 22.9 Å². The number of ether oxygens (including phenoxy) is 1. The summed E-state index contributed by atoms with van der Waals surface area (Å²) in [6, 6.07) is 8.35. The highest BCUT2D eigenvalue weighted by molar-refractivity contribution is 7.14. The van der Waals surface area contributed by atoms with Crippen LogP contribution in [0.4, 0.5) is 0 Å². The van der Waals surface area contributed by atoms with Crippen LogP contribution < -0.4 is 4.74 Å². The first-order chi connectivity index (χ1) is 9.10. The van der Waals surface area contributed by atoms with Gasteiger partial charge >= 0.3 is 0 Å². The van der Waals surface area contributed by atoms with Gasteiger partial charge in [0, 0.05) is 10.4 Å². The van der Waals surface area contributed by atoms with E-state index >= 15 is 0 Å². The summed E-state index contributed by atoms with van der Waals surface area (Å²) in [6.07, 6.45) is 0.704. The number of rotatable bonds is 5.